The van der Waals surface area contributed by atoms with Crippen molar-refractivity contribution < 1.29 is 27.2 Å². The highest BCUT2D eigenvalue weighted by atomic mass is 32.2. The van der Waals surface area contributed by atoms with E-state index >= 15 is 0 Å². The fraction of sp³-hybridized carbons (Fsp3) is 0.478. The second kappa shape index (κ2) is 8.95. The summed E-state index contributed by atoms with van der Waals surface area (Å²) in [7, 11) is -3.99. The van der Waals surface area contributed by atoms with E-state index in [-0.39, 0.29) is 34.9 Å². The van der Waals surface area contributed by atoms with E-state index in [2.05, 4.69) is 10.3 Å². The van der Waals surface area contributed by atoms with Crippen molar-refractivity contribution in [3.8, 4) is 0 Å². The molecule has 3 unspecified atom stereocenters. The summed E-state index contributed by atoms with van der Waals surface area (Å²) in [5.41, 5.74) is -0.00690. The molecule has 2 fully saturated rings. The molecule has 11 heteroatoms. The van der Waals surface area contributed by atoms with Gasteiger partial charge >= 0.3 is 0 Å². The number of hydrogen-bond donors (Lipinski definition) is 1. The first-order valence-electron chi connectivity index (χ1n) is 11.1. The van der Waals surface area contributed by atoms with Gasteiger partial charge in [0, 0.05) is 12.7 Å². The van der Waals surface area contributed by atoms with Crippen molar-refractivity contribution in [2.24, 2.45) is 5.41 Å². The average molecular weight is 489 g/mol. The summed E-state index contributed by atoms with van der Waals surface area (Å²) in [6.45, 7) is 5.75. The molecule has 0 radical (unpaired) electrons. The van der Waals surface area contributed by atoms with Crippen LogP contribution in [-0.2, 0) is 19.6 Å². The molecule has 2 aliphatic heterocycles. The highest BCUT2D eigenvalue weighted by Crippen LogP contribution is 2.34. The Labute approximate surface area is 198 Å². The number of aromatic nitrogens is 1. The summed E-state index contributed by atoms with van der Waals surface area (Å²) < 4.78 is 32.4. The van der Waals surface area contributed by atoms with Crippen LogP contribution in [0.15, 0.2) is 52.4 Å². The molecule has 10 nitrogen and oxygen atoms in total. The topological polar surface area (TPSA) is 130 Å². The van der Waals surface area contributed by atoms with Crippen molar-refractivity contribution >= 4 is 27.6 Å². The number of carbonyl (C=O) groups excluding carboxylic acids is 3. The number of amides is 2. The van der Waals surface area contributed by atoms with E-state index in [9.17, 15) is 22.8 Å². The van der Waals surface area contributed by atoms with E-state index < -0.39 is 40.0 Å². The normalized spacial score (nSPS) is 22.0. The average Bonchev–Trinajstić information content (AvgIpc) is 3.51. The number of pyridine rings is 1. The maximum Gasteiger partial charge on any atom is 0.261 e. The number of sulfonamides is 1. The Bertz CT molecular complexity index is 1170. The van der Waals surface area contributed by atoms with Crippen LogP contribution < -0.4 is 5.32 Å². The number of ketones is 1. The molecule has 4 rings (SSSR count). The molecule has 0 aliphatic carbocycles. The van der Waals surface area contributed by atoms with Crippen LogP contribution in [-0.4, -0.2) is 71.4 Å². The molecule has 2 aromatic heterocycles. The number of nitrogens with zero attached hydrogens (tertiary/aromatic N) is 3. The number of Topliss-reactive ketones (excluding diaryl/α,β-unsaturated/α-hetero) is 1. The van der Waals surface area contributed by atoms with Gasteiger partial charge in [0.25, 0.3) is 15.9 Å². The van der Waals surface area contributed by atoms with E-state index in [1.165, 1.54) is 35.8 Å². The molecule has 0 bridgehead atoms. The van der Waals surface area contributed by atoms with Crippen LogP contribution in [0, 0.1) is 5.41 Å². The molecule has 2 aliphatic rings. The summed E-state index contributed by atoms with van der Waals surface area (Å²) in [5.74, 6) is -1.19. The van der Waals surface area contributed by atoms with Gasteiger partial charge in [-0.2, -0.15) is 4.31 Å². The van der Waals surface area contributed by atoms with Crippen molar-refractivity contribution in [1.29, 1.82) is 0 Å². The van der Waals surface area contributed by atoms with Gasteiger partial charge in [0.1, 0.15) is 18.3 Å². The van der Waals surface area contributed by atoms with Gasteiger partial charge in [0.15, 0.2) is 10.8 Å². The summed E-state index contributed by atoms with van der Waals surface area (Å²) in [6, 6.07) is 3.63. The Morgan fingerprint density at radius 1 is 1.26 bits per heavy atom. The van der Waals surface area contributed by atoms with Gasteiger partial charge in [0.2, 0.25) is 5.91 Å². The van der Waals surface area contributed by atoms with Gasteiger partial charge in [-0.1, -0.05) is 26.8 Å². The van der Waals surface area contributed by atoms with Crippen molar-refractivity contribution in [2.45, 2.75) is 56.8 Å². The van der Waals surface area contributed by atoms with Gasteiger partial charge in [-0.15, -0.1) is 0 Å². The molecule has 2 aromatic rings. The number of likely N-dealkylation sites (tertiary alicyclic amines) is 1. The number of carbonyl (C=O) groups is 3. The SMILES string of the molecule is CC(C)(C)CC(NC(=O)c1ccoc1)C(=O)N1CCC2C1C(=O)CN2S(=O)(=O)c1ccccn1. The van der Waals surface area contributed by atoms with Crippen LogP contribution in [0.3, 0.4) is 0 Å². The number of hydrogen-bond acceptors (Lipinski definition) is 7. The van der Waals surface area contributed by atoms with E-state index in [1.54, 1.807) is 12.1 Å². The molecular formula is C23H28N4O6S. The van der Waals surface area contributed by atoms with Gasteiger partial charge in [-0.25, -0.2) is 13.4 Å². The number of furan rings is 1. The quantitative estimate of drug-likeness (QED) is 0.651. The van der Waals surface area contributed by atoms with Crippen molar-refractivity contribution in [3.05, 3.63) is 48.6 Å². The zero-order valence-corrected chi connectivity index (χ0v) is 20.1. The first-order valence-corrected chi connectivity index (χ1v) is 12.5. The zero-order chi connectivity index (χ0) is 24.7. The maximum absolute atomic E-state index is 13.6. The van der Waals surface area contributed by atoms with Crippen LogP contribution in [0.1, 0.15) is 44.0 Å². The summed E-state index contributed by atoms with van der Waals surface area (Å²) in [4.78, 5) is 44.6. The van der Waals surface area contributed by atoms with E-state index in [0.717, 1.165) is 4.31 Å². The third-order valence-corrected chi connectivity index (χ3v) is 7.86. The molecule has 2 saturated heterocycles. The third-order valence-electron chi connectivity index (χ3n) is 6.07. The molecule has 3 atom stereocenters. The molecule has 1 N–H and O–H groups in total. The molecule has 34 heavy (non-hydrogen) atoms. The lowest BCUT2D eigenvalue weighted by Gasteiger charge is -2.31. The minimum Gasteiger partial charge on any atom is -0.472 e. The first kappa shape index (κ1) is 24.1. The minimum absolute atomic E-state index is 0.133. The molecule has 0 saturated carbocycles. The van der Waals surface area contributed by atoms with E-state index in [4.69, 9.17) is 4.42 Å². The Hall–Kier alpha value is -3.05. The maximum atomic E-state index is 13.6. The fourth-order valence-corrected chi connectivity index (χ4v) is 6.17. The van der Waals surface area contributed by atoms with Crippen molar-refractivity contribution in [1.82, 2.24) is 19.5 Å². The minimum atomic E-state index is -3.99. The fourth-order valence-electron chi connectivity index (χ4n) is 4.61. The number of fused-ring (bicyclic) bond motifs is 1. The van der Waals surface area contributed by atoms with Gasteiger partial charge in [-0.05, 0) is 36.5 Å². The summed E-state index contributed by atoms with van der Waals surface area (Å²) >= 11 is 0. The summed E-state index contributed by atoms with van der Waals surface area (Å²) in [6.07, 6.45) is 4.71. The second-order valence-corrected chi connectivity index (χ2v) is 11.7. The lowest BCUT2D eigenvalue weighted by molar-refractivity contribution is -0.138. The standard InChI is InChI=1S/C23H28N4O6S/c1-23(2,3)12-16(25-21(29)15-8-11-33-14-15)22(30)26-10-7-17-20(26)18(28)13-27(17)34(31,32)19-6-4-5-9-24-19/h4-6,8-9,11,14,16-17,20H,7,10,12-13H2,1-3H3,(H,25,29). The Morgan fingerprint density at radius 2 is 2.03 bits per heavy atom. The van der Waals surface area contributed by atoms with E-state index in [1.807, 2.05) is 20.8 Å². The molecule has 4 heterocycles. The van der Waals surface area contributed by atoms with Gasteiger partial charge in [-0.3, -0.25) is 14.4 Å². The zero-order valence-electron chi connectivity index (χ0n) is 19.3. The van der Waals surface area contributed by atoms with Gasteiger partial charge < -0.3 is 14.6 Å². The predicted molar refractivity (Wildman–Crippen MR) is 121 cm³/mol. The highest BCUT2D eigenvalue weighted by molar-refractivity contribution is 7.89. The lowest BCUT2D eigenvalue weighted by atomic mass is 9.87. The smallest absolute Gasteiger partial charge is 0.261 e. The monoisotopic (exact) mass is 488 g/mol. The second-order valence-electron chi connectivity index (χ2n) is 9.82. The Morgan fingerprint density at radius 3 is 2.65 bits per heavy atom. The largest absolute Gasteiger partial charge is 0.472 e. The molecule has 2 amide bonds. The predicted octanol–water partition coefficient (Wildman–Crippen LogP) is 1.45. The molecular weight excluding hydrogens is 460 g/mol. The van der Waals surface area contributed by atoms with Crippen molar-refractivity contribution in [3.63, 3.8) is 0 Å². The van der Waals surface area contributed by atoms with Crippen molar-refractivity contribution in [2.75, 3.05) is 13.1 Å². The molecule has 0 spiro atoms. The van der Waals surface area contributed by atoms with Crippen LogP contribution in [0.5, 0.6) is 0 Å². The van der Waals surface area contributed by atoms with E-state index in [0.29, 0.717) is 12.8 Å². The first-order chi connectivity index (χ1) is 16.0. The van der Waals surface area contributed by atoms with Crippen LogP contribution in [0.25, 0.3) is 0 Å². The Balaban J connectivity index is 1.57. The van der Waals surface area contributed by atoms with Gasteiger partial charge in [0.05, 0.1) is 24.4 Å². The Kier molecular flexibility index (Phi) is 6.34. The summed E-state index contributed by atoms with van der Waals surface area (Å²) in [5, 5.41) is 2.64. The third kappa shape index (κ3) is 4.62. The van der Waals surface area contributed by atoms with Crippen LogP contribution in [0.2, 0.25) is 0 Å². The number of nitrogens with one attached hydrogen (secondary N) is 1. The number of rotatable bonds is 6. The molecule has 182 valence electrons. The molecule has 0 aromatic carbocycles. The highest BCUT2D eigenvalue weighted by Gasteiger charge is 2.54. The van der Waals surface area contributed by atoms with Crippen LogP contribution in [0.4, 0.5) is 0 Å². The van der Waals surface area contributed by atoms with Crippen LogP contribution >= 0.6 is 0 Å². The lowest BCUT2D eigenvalue weighted by Crippen LogP contribution is -2.53.